The third kappa shape index (κ3) is 3.56. The lowest BCUT2D eigenvalue weighted by Crippen LogP contribution is -2.50. The van der Waals surface area contributed by atoms with E-state index in [1.165, 1.54) is 0 Å². The van der Waals surface area contributed by atoms with Crippen LogP contribution in [0, 0.1) is 0 Å². The van der Waals surface area contributed by atoms with E-state index in [1.807, 2.05) is 30.3 Å². The summed E-state index contributed by atoms with van der Waals surface area (Å²) >= 11 is 0. The van der Waals surface area contributed by atoms with Crippen molar-refractivity contribution in [3.8, 4) is 0 Å². The molecule has 1 saturated heterocycles. The van der Waals surface area contributed by atoms with Crippen LogP contribution in [0.25, 0.3) is 0 Å². The van der Waals surface area contributed by atoms with Crippen molar-refractivity contribution in [1.29, 1.82) is 0 Å². The Morgan fingerprint density at radius 1 is 1.35 bits per heavy atom. The Bertz CT molecular complexity index is 418. The fraction of sp³-hybridized carbons (Fsp3) is 0.533. The van der Waals surface area contributed by atoms with Crippen LogP contribution >= 0.6 is 0 Å². The predicted molar refractivity (Wildman–Crippen MR) is 76.2 cm³/mol. The highest BCUT2D eigenvalue weighted by Crippen LogP contribution is 2.25. The Morgan fingerprint density at radius 2 is 2.00 bits per heavy atom. The fourth-order valence-corrected chi connectivity index (χ4v) is 2.52. The number of hydrogen-bond acceptors (Lipinski definition) is 5. The molecule has 2 atom stereocenters. The quantitative estimate of drug-likeness (QED) is 0.812. The standard InChI is InChI=1S/C15H22N2O3/c1-2-20-15(18)13(16)14(12-6-4-3-5-7-12)17-8-10-19-11-9-17/h3-7,13-14H,2,8-11,16H2,1H3/t13-,14+/m0/s1. The van der Waals surface area contributed by atoms with Gasteiger partial charge in [-0.1, -0.05) is 30.3 Å². The molecule has 2 rings (SSSR count). The Balaban J connectivity index is 2.21. The first kappa shape index (κ1) is 15.0. The van der Waals surface area contributed by atoms with Gasteiger partial charge in [0.15, 0.2) is 0 Å². The van der Waals surface area contributed by atoms with Gasteiger partial charge in [-0.25, -0.2) is 0 Å². The zero-order chi connectivity index (χ0) is 14.4. The molecule has 5 nitrogen and oxygen atoms in total. The van der Waals surface area contributed by atoms with Crippen molar-refractivity contribution in [2.24, 2.45) is 5.73 Å². The van der Waals surface area contributed by atoms with Crippen LogP contribution in [0.5, 0.6) is 0 Å². The van der Waals surface area contributed by atoms with Crippen molar-refractivity contribution in [3.05, 3.63) is 35.9 Å². The second kappa shape index (κ2) is 7.38. The Morgan fingerprint density at radius 3 is 2.60 bits per heavy atom. The van der Waals surface area contributed by atoms with Crippen molar-refractivity contribution in [1.82, 2.24) is 4.90 Å². The van der Waals surface area contributed by atoms with Gasteiger partial charge in [-0.2, -0.15) is 0 Å². The van der Waals surface area contributed by atoms with Gasteiger partial charge in [0.25, 0.3) is 0 Å². The minimum Gasteiger partial charge on any atom is -0.465 e. The average Bonchev–Trinajstić information content (AvgIpc) is 2.50. The molecule has 0 unspecified atom stereocenters. The Kier molecular flexibility index (Phi) is 5.52. The minimum atomic E-state index is -0.685. The van der Waals surface area contributed by atoms with E-state index in [1.54, 1.807) is 6.92 Å². The number of esters is 1. The van der Waals surface area contributed by atoms with Crippen LogP contribution in [0.1, 0.15) is 18.5 Å². The first-order valence-electron chi connectivity index (χ1n) is 7.03. The molecule has 1 aromatic rings. The summed E-state index contributed by atoms with van der Waals surface area (Å²) in [6, 6.07) is 9.02. The van der Waals surface area contributed by atoms with E-state index >= 15 is 0 Å². The third-order valence-electron chi connectivity index (χ3n) is 3.48. The molecule has 20 heavy (non-hydrogen) atoms. The lowest BCUT2D eigenvalue weighted by Gasteiger charge is -2.37. The average molecular weight is 278 g/mol. The fourth-order valence-electron chi connectivity index (χ4n) is 2.52. The highest BCUT2D eigenvalue weighted by Gasteiger charge is 2.33. The van der Waals surface area contributed by atoms with Crippen LogP contribution in [0.2, 0.25) is 0 Å². The van der Waals surface area contributed by atoms with Gasteiger partial charge >= 0.3 is 5.97 Å². The molecule has 0 radical (unpaired) electrons. The summed E-state index contributed by atoms with van der Waals surface area (Å²) in [5.41, 5.74) is 7.19. The summed E-state index contributed by atoms with van der Waals surface area (Å²) in [4.78, 5) is 14.2. The molecule has 1 fully saturated rings. The summed E-state index contributed by atoms with van der Waals surface area (Å²) < 4.78 is 10.4. The molecular formula is C15H22N2O3. The molecule has 0 aliphatic carbocycles. The molecule has 5 heteroatoms. The van der Waals surface area contributed by atoms with Gasteiger partial charge < -0.3 is 15.2 Å². The summed E-state index contributed by atoms with van der Waals surface area (Å²) in [5.74, 6) is -0.354. The van der Waals surface area contributed by atoms with E-state index in [9.17, 15) is 4.79 Å². The number of ether oxygens (including phenoxy) is 2. The second-order valence-corrected chi connectivity index (χ2v) is 4.78. The number of hydrogen-bond donors (Lipinski definition) is 1. The molecule has 1 aliphatic heterocycles. The number of carbonyl (C=O) groups is 1. The molecule has 0 bridgehead atoms. The molecule has 110 valence electrons. The van der Waals surface area contributed by atoms with Crippen LogP contribution in [0.4, 0.5) is 0 Å². The molecule has 1 aromatic carbocycles. The second-order valence-electron chi connectivity index (χ2n) is 4.78. The number of morpholine rings is 1. The summed E-state index contributed by atoms with van der Waals surface area (Å²) in [6.07, 6.45) is 0. The zero-order valence-electron chi connectivity index (χ0n) is 11.8. The normalized spacial score (nSPS) is 19.3. The first-order valence-corrected chi connectivity index (χ1v) is 7.03. The van der Waals surface area contributed by atoms with Crippen molar-refractivity contribution in [2.45, 2.75) is 19.0 Å². The van der Waals surface area contributed by atoms with Crippen molar-refractivity contribution < 1.29 is 14.3 Å². The van der Waals surface area contributed by atoms with Crippen LogP contribution < -0.4 is 5.73 Å². The summed E-state index contributed by atoms with van der Waals surface area (Å²) in [7, 11) is 0. The monoisotopic (exact) mass is 278 g/mol. The number of rotatable bonds is 5. The van der Waals surface area contributed by atoms with Gasteiger partial charge in [-0.05, 0) is 12.5 Å². The molecule has 0 spiro atoms. The van der Waals surface area contributed by atoms with Gasteiger partial charge in [0.05, 0.1) is 25.9 Å². The number of benzene rings is 1. The van der Waals surface area contributed by atoms with E-state index < -0.39 is 6.04 Å². The number of carbonyl (C=O) groups excluding carboxylic acids is 1. The van der Waals surface area contributed by atoms with Gasteiger partial charge in [-0.15, -0.1) is 0 Å². The van der Waals surface area contributed by atoms with Crippen LogP contribution in [0.3, 0.4) is 0 Å². The Labute approximate surface area is 119 Å². The topological polar surface area (TPSA) is 64.8 Å². The smallest absolute Gasteiger partial charge is 0.324 e. The van der Waals surface area contributed by atoms with E-state index in [-0.39, 0.29) is 12.0 Å². The highest BCUT2D eigenvalue weighted by molar-refractivity contribution is 5.76. The largest absolute Gasteiger partial charge is 0.465 e. The highest BCUT2D eigenvalue weighted by atomic mass is 16.5. The lowest BCUT2D eigenvalue weighted by molar-refractivity contribution is -0.147. The Hall–Kier alpha value is -1.43. The van der Waals surface area contributed by atoms with E-state index in [0.717, 1.165) is 18.7 Å². The van der Waals surface area contributed by atoms with Crippen molar-refractivity contribution in [3.63, 3.8) is 0 Å². The van der Waals surface area contributed by atoms with E-state index in [2.05, 4.69) is 4.90 Å². The minimum absolute atomic E-state index is 0.167. The van der Waals surface area contributed by atoms with Crippen LogP contribution in [0.15, 0.2) is 30.3 Å². The number of nitrogens with zero attached hydrogens (tertiary/aromatic N) is 1. The summed E-state index contributed by atoms with van der Waals surface area (Å²) in [5, 5.41) is 0. The van der Waals surface area contributed by atoms with E-state index in [0.29, 0.717) is 19.8 Å². The van der Waals surface area contributed by atoms with Gasteiger partial charge in [-0.3, -0.25) is 9.69 Å². The molecular weight excluding hydrogens is 256 g/mol. The third-order valence-corrected chi connectivity index (χ3v) is 3.48. The molecule has 0 amide bonds. The predicted octanol–water partition coefficient (Wildman–Crippen LogP) is 0.950. The number of nitrogens with two attached hydrogens (primary N) is 1. The van der Waals surface area contributed by atoms with Crippen LogP contribution in [-0.2, 0) is 14.3 Å². The van der Waals surface area contributed by atoms with Gasteiger partial charge in [0, 0.05) is 13.1 Å². The molecule has 0 saturated carbocycles. The maximum Gasteiger partial charge on any atom is 0.324 e. The summed E-state index contributed by atoms with van der Waals surface area (Å²) in [6.45, 7) is 5.01. The van der Waals surface area contributed by atoms with Gasteiger partial charge in [0.1, 0.15) is 6.04 Å². The maximum atomic E-state index is 12.0. The first-order chi connectivity index (χ1) is 9.74. The molecule has 1 aliphatic rings. The van der Waals surface area contributed by atoms with E-state index in [4.69, 9.17) is 15.2 Å². The maximum absolute atomic E-state index is 12.0. The molecule has 1 heterocycles. The van der Waals surface area contributed by atoms with Gasteiger partial charge in [0.2, 0.25) is 0 Å². The van der Waals surface area contributed by atoms with Crippen molar-refractivity contribution >= 4 is 5.97 Å². The molecule has 2 N–H and O–H groups in total. The SMILES string of the molecule is CCOC(=O)[C@@H](N)[C@@H](c1ccccc1)N1CCOCC1. The zero-order valence-corrected chi connectivity index (χ0v) is 11.8. The lowest BCUT2D eigenvalue weighted by atomic mass is 9.97. The van der Waals surface area contributed by atoms with Crippen LogP contribution in [-0.4, -0.2) is 49.8 Å². The van der Waals surface area contributed by atoms with Crippen molar-refractivity contribution in [2.75, 3.05) is 32.9 Å². The molecule has 0 aromatic heterocycles.